The number of aromatic nitrogens is 2. The summed E-state index contributed by atoms with van der Waals surface area (Å²) in [7, 11) is 0. The predicted octanol–water partition coefficient (Wildman–Crippen LogP) is 2.44. The summed E-state index contributed by atoms with van der Waals surface area (Å²) >= 11 is 0. The number of likely N-dealkylation sites (tertiary alicyclic amines) is 1. The zero-order chi connectivity index (χ0) is 18.0. The van der Waals surface area contributed by atoms with Crippen LogP contribution in [-0.4, -0.2) is 38.6 Å². The van der Waals surface area contributed by atoms with Gasteiger partial charge in [-0.1, -0.05) is 30.3 Å². The predicted molar refractivity (Wildman–Crippen MR) is 95.8 cm³/mol. The molecule has 1 saturated heterocycles. The number of piperidine rings is 1. The van der Waals surface area contributed by atoms with Gasteiger partial charge in [0.25, 0.3) is 5.91 Å². The standard InChI is InChI=1S/C19H24N4O2/c1-13-7-6-8-14(2)23(13)17(24)12-22-11-16(19(20)25)18(21-22)15-9-4-3-5-10-15/h3-5,9-11,13-14H,6-8,12H2,1-2H3,(H2,20,25)/t13-,14+. The fourth-order valence-corrected chi connectivity index (χ4v) is 3.63. The quantitative estimate of drug-likeness (QED) is 0.928. The molecular weight excluding hydrogens is 316 g/mol. The van der Waals surface area contributed by atoms with Crippen LogP contribution in [0.3, 0.4) is 0 Å². The first-order valence-electron chi connectivity index (χ1n) is 8.71. The lowest BCUT2D eigenvalue weighted by atomic mass is 9.97. The highest BCUT2D eigenvalue weighted by Gasteiger charge is 2.29. The van der Waals surface area contributed by atoms with Gasteiger partial charge in [-0.25, -0.2) is 0 Å². The minimum atomic E-state index is -0.544. The second kappa shape index (κ2) is 7.09. The lowest BCUT2D eigenvalue weighted by molar-refractivity contribution is -0.138. The molecule has 2 amide bonds. The SMILES string of the molecule is C[C@@H]1CCC[C@H](C)N1C(=O)Cn1cc(C(N)=O)c(-c2ccccc2)n1. The molecule has 0 spiro atoms. The van der Waals surface area contributed by atoms with E-state index in [-0.39, 0.29) is 24.5 Å². The molecule has 2 N–H and O–H groups in total. The van der Waals surface area contributed by atoms with Gasteiger partial charge in [0.15, 0.2) is 0 Å². The maximum atomic E-state index is 12.8. The van der Waals surface area contributed by atoms with E-state index in [2.05, 4.69) is 18.9 Å². The molecule has 2 heterocycles. The minimum Gasteiger partial charge on any atom is -0.365 e. The molecule has 0 radical (unpaired) electrons. The van der Waals surface area contributed by atoms with E-state index in [0.717, 1.165) is 24.8 Å². The summed E-state index contributed by atoms with van der Waals surface area (Å²) in [6.07, 6.45) is 4.77. The van der Waals surface area contributed by atoms with E-state index in [1.807, 2.05) is 35.2 Å². The summed E-state index contributed by atoms with van der Waals surface area (Å²) in [4.78, 5) is 26.5. The Morgan fingerprint density at radius 3 is 2.40 bits per heavy atom. The van der Waals surface area contributed by atoms with E-state index in [0.29, 0.717) is 11.3 Å². The smallest absolute Gasteiger partial charge is 0.252 e. The number of hydrogen-bond acceptors (Lipinski definition) is 3. The van der Waals surface area contributed by atoms with Crippen molar-refractivity contribution in [3.8, 4) is 11.3 Å². The first-order valence-corrected chi connectivity index (χ1v) is 8.71. The average molecular weight is 340 g/mol. The van der Waals surface area contributed by atoms with Crippen LogP contribution < -0.4 is 5.73 Å². The zero-order valence-electron chi connectivity index (χ0n) is 14.7. The lowest BCUT2D eigenvalue weighted by Crippen LogP contribution is -2.48. The second-order valence-corrected chi connectivity index (χ2v) is 6.75. The Morgan fingerprint density at radius 1 is 1.16 bits per heavy atom. The van der Waals surface area contributed by atoms with Crippen molar-refractivity contribution in [1.29, 1.82) is 0 Å². The van der Waals surface area contributed by atoms with Gasteiger partial charge in [0, 0.05) is 23.8 Å². The van der Waals surface area contributed by atoms with E-state index >= 15 is 0 Å². The van der Waals surface area contributed by atoms with E-state index < -0.39 is 5.91 Å². The van der Waals surface area contributed by atoms with Crippen molar-refractivity contribution in [2.75, 3.05) is 0 Å². The second-order valence-electron chi connectivity index (χ2n) is 6.75. The molecule has 6 nitrogen and oxygen atoms in total. The number of hydrogen-bond donors (Lipinski definition) is 1. The van der Waals surface area contributed by atoms with E-state index in [1.165, 1.54) is 4.68 Å². The zero-order valence-corrected chi connectivity index (χ0v) is 14.7. The monoisotopic (exact) mass is 340 g/mol. The van der Waals surface area contributed by atoms with Crippen molar-refractivity contribution in [1.82, 2.24) is 14.7 Å². The minimum absolute atomic E-state index is 0.0258. The largest absolute Gasteiger partial charge is 0.365 e. The Kier molecular flexibility index (Phi) is 4.88. The number of amides is 2. The summed E-state index contributed by atoms with van der Waals surface area (Å²) in [6.45, 7) is 4.28. The summed E-state index contributed by atoms with van der Waals surface area (Å²) in [5, 5.41) is 4.45. The van der Waals surface area contributed by atoms with Crippen LogP contribution in [0.2, 0.25) is 0 Å². The van der Waals surface area contributed by atoms with Crippen LogP contribution in [0.5, 0.6) is 0 Å². The molecule has 0 bridgehead atoms. The molecule has 0 aliphatic carbocycles. The number of primary amides is 1. The number of benzene rings is 1. The Labute approximate surface area is 147 Å². The van der Waals surface area contributed by atoms with Gasteiger partial charge in [-0.05, 0) is 33.1 Å². The molecule has 0 saturated carbocycles. The molecule has 132 valence electrons. The Morgan fingerprint density at radius 2 is 1.80 bits per heavy atom. The molecule has 1 fully saturated rings. The molecule has 2 aromatic rings. The third-order valence-electron chi connectivity index (χ3n) is 4.85. The van der Waals surface area contributed by atoms with Gasteiger partial charge < -0.3 is 10.6 Å². The average Bonchev–Trinajstić information content (AvgIpc) is 2.99. The Hall–Kier alpha value is -2.63. The molecule has 25 heavy (non-hydrogen) atoms. The van der Waals surface area contributed by atoms with Crippen LogP contribution in [-0.2, 0) is 11.3 Å². The van der Waals surface area contributed by atoms with Crippen molar-refractivity contribution in [2.24, 2.45) is 5.73 Å². The molecule has 6 heteroatoms. The third-order valence-corrected chi connectivity index (χ3v) is 4.85. The highest BCUT2D eigenvalue weighted by molar-refractivity contribution is 5.98. The van der Waals surface area contributed by atoms with Gasteiger partial charge in [-0.15, -0.1) is 0 Å². The molecule has 1 aromatic carbocycles. The first-order chi connectivity index (χ1) is 12.0. The van der Waals surface area contributed by atoms with Crippen molar-refractivity contribution in [3.63, 3.8) is 0 Å². The lowest BCUT2D eigenvalue weighted by Gasteiger charge is -2.39. The van der Waals surface area contributed by atoms with Crippen molar-refractivity contribution in [2.45, 2.75) is 51.7 Å². The van der Waals surface area contributed by atoms with Crippen LogP contribution in [0.1, 0.15) is 43.5 Å². The number of carbonyl (C=O) groups excluding carboxylic acids is 2. The normalized spacial score (nSPS) is 20.5. The highest BCUT2D eigenvalue weighted by Crippen LogP contribution is 2.24. The molecule has 1 aliphatic heterocycles. The molecule has 3 rings (SSSR count). The van der Waals surface area contributed by atoms with Crippen molar-refractivity contribution in [3.05, 3.63) is 42.1 Å². The van der Waals surface area contributed by atoms with Gasteiger partial charge in [-0.2, -0.15) is 5.10 Å². The van der Waals surface area contributed by atoms with Gasteiger partial charge >= 0.3 is 0 Å². The van der Waals surface area contributed by atoms with Crippen molar-refractivity contribution < 1.29 is 9.59 Å². The number of nitrogens with two attached hydrogens (primary N) is 1. The van der Waals surface area contributed by atoms with Crippen LogP contribution in [0, 0.1) is 0 Å². The summed E-state index contributed by atoms with van der Waals surface area (Å²) in [5.41, 5.74) is 7.15. The molecule has 2 atom stereocenters. The summed E-state index contributed by atoms with van der Waals surface area (Å²) in [6, 6.07) is 9.85. The van der Waals surface area contributed by atoms with Crippen molar-refractivity contribution >= 4 is 11.8 Å². The first kappa shape index (κ1) is 17.2. The van der Waals surface area contributed by atoms with Gasteiger partial charge in [0.2, 0.25) is 5.91 Å². The topological polar surface area (TPSA) is 81.2 Å². The number of carbonyl (C=O) groups is 2. The summed E-state index contributed by atoms with van der Waals surface area (Å²) < 4.78 is 1.53. The van der Waals surface area contributed by atoms with Crippen LogP contribution >= 0.6 is 0 Å². The van der Waals surface area contributed by atoms with Gasteiger partial charge in [0.05, 0.1) is 5.56 Å². The number of nitrogens with zero attached hydrogens (tertiary/aromatic N) is 3. The number of rotatable bonds is 4. The third kappa shape index (κ3) is 3.57. The summed E-state index contributed by atoms with van der Waals surface area (Å²) in [5.74, 6) is -0.518. The van der Waals surface area contributed by atoms with Crippen LogP contribution in [0.25, 0.3) is 11.3 Å². The van der Waals surface area contributed by atoms with E-state index in [9.17, 15) is 9.59 Å². The fraction of sp³-hybridized carbons (Fsp3) is 0.421. The van der Waals surface area contributed by atoms with E-state index in [1.54, 1.807) is 6.20 Å². The Balaban J connectivity index is 1.86. The van der Waals surface area contributed by atoms with Gasteiger partial charge in [0.1, 0.15) is 12.2 Å². The Bertz CT molecular complexity index is 759. The van der Waals surface area contributed by atoms with E-state index in [4.69, 9.17) is 5.73 Å². The van der Waals surface area contributed by atoms with Crippen LogP contribution in [0.15, 0.2) is 36.5 Å². The maximum absolute atomic E-state index is 12.8. The molecule has 1 aromatic heterocycles. The fourth-order valence-electron chi connectivity index (χ4n) is 3.63. The maximum Gasteiger partial charge on any atom is 0.252 e. The molecular formula is C19H24N4O2. The molecule has 0 unspecified atom stereocenters. The molecule has 1 aliphatic rings. The van der Waals surface area contributed by atoms with Gasteiger partial charge in [-0.3, -0.25) is 14.3 Å². The van der Waals surface area contributed by atoms with Crippen LogP contribution in [0.4, 0.5) is 0 Å². The highest BCUT2D eigenvalue weighted by atomic mass is 16.2.